The monoisotopic (exact) mass is 487 g/mol. The van der Waals surface area contributed by atoms with Crippen molar-refractivity contribution in [1.82, 2.24) is 14.7 Å². The summed E-state index contributed by atoms with van der Waals surface area (Å²) in [5.41, 5.74) is 2.52. The standard InChI is InChI=1S/C23H29N5O5S/c1-16-14-18(22(32-2)19(15-16)26-34(3,30)31)24-23(29)21-17-6-4-5-7-20(17)28(25-21)9-8-27-10-12-33-13-11-27/h4-7,14-15,26H,8-13H2,1-3H3,(H,24,29). The molecule has 2 heterocycles. The third-order valence-corrected chi connectivity index (χ3v) is 6.18. The maximum Gasteiger partial charge on any atom is 0.276 e. The minimum absolute atomic E-state index is 0.223. The lowest BCUT2D eigenvalue weighted by Crippen LogP contribution is -2.38. The molecule has 0 radical (unpaired) electrons. The van der Waals surface area contributed by atoms with E-state index in [-0.39, 0.29) is 11.4 Å². The predicted octanol–water partition coefficient (Wildman–Crippen LogP) is 2.31. The Morgan fingerprint density at radius 2 is 1.85 bits per heavy atom. The molecule has 1 fully saturated rings. The average molecular weight is 488 g/mol. The molecule has 182 valence electrons. The molecule has 1 aliphatic heterocycles. The molecule has 0 atom stereocenters. The summed E-state index contributed by atoms with van der Waals surface area (Å²) in [6.45, 7) is 6.46. The number of carbonyl (C=O) groups is 1. The first-order valence-electron chi connectivity index (χ1n) is 11.0. The zero-order chi connectivity index (χ0) is 24.3. The number of nitrogens with one attached hydrogen (secondary N) is 2. The van der Waals surface area contributed by atoms with Crippen LogP contribution in [0.15, 0.2) is 36.4 Å². The summed E-state index contributed by atoms with van der Waals surface area (Å²) >= 11 is 0. The van der Waals surface area contributed by atoms with E-state index in [1.807, 2.05) is 28.9 Å². The Labute approximate surface area is 198 Å². The maximum atomic E-state index is 13.3. The van der Waals surface area contributed by atoms with E-state index >= 15 is 0 Å². The molecule has 0 unspecified atom stereocenters. The molecule has 1 saturated heterocycles. The Bertz CT molecular complexity index is 1300. The molecule has 1 aromatic heterocycles. The van der Waals surface area contributed by atoms with Gasteiger partial charge < -0.3 is 14.8 Å². The van der Waals surface area contributed by atoms with Crippen molar-refractivity contribution in [1.29, 1.82) is 0 Å². The number of hydrogen-bond donors (Lipinski definition) is 2. The quantitative estimate of drug-likeness (QED) is 0.501. The first-order chi connectivity index (χ1) is 16.2. The number of anilines is 2. The average Bonchev–Trinajstić information content (AvgIpc) is 3.16. The number of ether oxygens (including phenoxy) is 2. The minimum atomic E-state index is -3.54. The van der Waals surface area contributed by atoms with E-state index in [4.69, 9.17) is 9.47 Å². The van der Waals surface area contributed by atoms with Gasteiger partial charge in [0.1, 0.15) is 0 Å². The number of methoxy groups -OCH3 is 1. The highest BCUT2D eigenvalue weighted by molar-refractivity contribution is 7.92. The van der Waals surface area contributed by atoms with Crippen LogP contribution in [0, 0.1) is 6.92 Å². The van der Waals surface area contributed by atoms with Crippen molar-refractivity contribution in [3.8, 4) is 5.75 Å². The summed E-state index contributed by atoms with van der Waals surface area (Å²) in [5, 5.41) is 8.22. The van der Waals surface area contributed by atoms with E-state index in [0.717, 1.165) is 55.6 Å². The first-order valence-corrected chi connectivity index (χ1v) is 12.9. The largest absolute Gasteiger partial charge is 0.492 e. The second kappa shape index (κ2) is 10.00. The van der Waals surface area contributed by atoms with Gasteiger partial charge in [0, 0.05) is 25.0 Å². The van der Waals surface area contributed by atoms with Crippen LogP contribution in [0.1, 0.15) is 16.1 Å². The SMILES string of the molecule is COc1c(NC(=O)c2nn(CCN3CCOCC3)c3ccccc23)cc(C)cc1NS(C)(=O)=O. The number of benzene rings is 2. The molecule has 2 N–H and O–H groups in total. The number of para-hydroxylation sites is 1. The number of sulfonamides is 1. The fourth-order valence-electron chi connectivity index (χ4n) is 4.07. The number of hydrogen-bond acceptors (Lipinski definition) is 7. The third-order valence-electron chi connectivity index (χ3n) is 5.59. The number of rotatable bonds is 8. The van der Waals surface area contributed by atoms with E-state index < -0.39 is 15.9 Å². The van der Waals surface area contributed by atoms with Gasteiger partial charge in [0.2, 0.25) is 10.0 Å². The summed E-state index contributed by atoms with van der Waals surface area (Å²) in [5.74, 6) is -0.184. The Balaban J connectivity index is 1.62. The van der Waals surface area contributed by atoms with Gasteiger partial charge in [0.25, 0.3) is 5.91 Å². The van der Waals surface area contributed by atoms with E-state index in [0.29, 0.717) is 17.9 Å². The number of amides is 1. The lowest BCUT2D eigenvalue weighted by molar-refractivity contribution is 0.0361. The van der Waals surface area contributed by atoms with Crippen LogP contribution in [0.25, 0.3) is 10.9 Å². The van der Waals surface area contributed by atoms with E-state index in [1.165, 1.54) is 7.11 Å². The fourth-order valence-corrected chi connectivity index (χ4v) is 4.62. The normalized spacial score (nSPS) is 14.8. The van der Waals surface area contributed by atoms with Gasteiger partial charge >= 0.3 is 0 Å². The molecule has 2 aromatic carbocycles. The Morgan fingerprint density at radius 1 is 1.15 bits per heavy atom. The second-order valence-electron chi connectivity index (χ2n) is 8.26. The summed E-state index contributed by atoms with van der Waals surface area (Å²) in [6, 6.07) is 11.0. The van der Waals surface area contributed by atoms with Gasteiger partial charge in [-0.15, -0.1) is 0 Å². The lowest BCUT2D eigenvalue weighted by atomic mass is 10.1. The van der Waals surface area contributed by atoms with Crippen LogP contribution >= 0.6 is 0 Å². The zero-order valence-corrected chi connectivity index (χ0v) is 20.3. The number of nitrogens with zero attached hydrogens (tertiary/aromatic N) is 3. The smallest absolute Gasteiger partial charge is 0.276 e. The summed E-state index contributed by atoms with van der Waals surface area (Å²) in [7, 11) is -2.12. The lowest BCUT2D eigenvalue weighted by Gasteiger charge is -2.26. The number of carbonyl (C=O) groups excluding carboxylic acids is 1. The molecule has 34 heavy (non-hydrogen) atoms. The summed E-state index contributed by atoms with van der Waals surface area (Å²) in [4.78, 5) is 15.6. The van der Waals surface area contributed by atoms with Gasteiger partial charge in [-0.2, -0.15) is 5.10 Å². The topological polar surface area (TPSA) is 115 Å². The Kier molecular flexibility index (Phi) is 7.05. The molecule has 0 bridgehead atoms. The summed E-state index contributed by atoms with van der Waals surface area (Å²) < 4.78 is 38.7. The Hall–Kier alpha value is -3.15. The first kappa shape index (κ1) is 24.0. The fraction of sp³-hybridized carbons (Fsp3) is 0.391. The van der Waals surface area contributed by atoms with Crippen molar-refractivity contribution in [3.63, 3.8) is 0 Å². The Morgan fingerprint density at radius 3 is 2.56 bits per heavy atom. The number of morpholine rings is 1. The van der Waals surface area contributed by atoms with E-state index in [2.05, 4.69) is 20.0 Å². The highest BCUT2D eigenvalue weighted by Crippen LogP contribution is 2.36. The van der Waals surface area contributed by atoms with Crippen LogP contribution in [0.4, 0.5) is 11.4 Å². The van der Waals surface area contributed by atoms with Crippen LogP contribution in [0.2, 0.25) is 0 Å². The molecule has 1 amide bonds. The number of fused-ring (bicyclic) bond motifs is 1. The van der Waals surface area contributed by atoms with Gasteiger partial charge in [-0.1, -0.05) is 18.2 Å². The number of aromatic nitrogens is 2. The predicted molar refractivity (Wildman–Crippen MR) is 131 cm³/mol. The van der Waals surface area contributed by atoms with Crippen molar-refractivity contribution in [3.05, 3.63) is 47.7 Å². The van der Waals surface area contributed by atoms with Crippen LogP contribution < -0.4 is 14.8 Å². The molecule has 0 saturated carbocycles. The zero-order valence-electron chi connectivity index (χ0n) is 19.5. The van der Waals surface area contributed by atoms with Crippen molar-refractivity contribution in [2.45, 2.75) is 13.5 Å². The highest BCUT2D eigenvalue weighted by Gasteiger charge is 2.21. The summed E-state index contributed by atoms with van der Waals surface area (Å²) in [6.07, 6.45) is 1.06. The third kappa shape index (κ3) is 5.49. The van der Waals surface area contributed by atoms with Gasteiger partial charge in [0.05, 0.1) is 50.0 Å². The molecule has 3 aromatic rings. The molecular formula is C23H29N5O5S. The van der Waals surface area contributed by atoms with Crippen LogP contribution in [-0.2, 0) is 21.3 Å². The molecule has 0 spiro atoms. The highest BCUT2D eigenvalue weighted by atomic mass is 32.2. The van der Waals surface area contributed by atoms with Crippen molar-refractivity contribution in [2.24, 2.45) is 0 Å². The minimum Gasteiger partial charge on any atom is -0.492 e. The second-order valence-corrected chi connectivity index (χ2v) is 10.0. The van der Waals surface area contributed by atoms with Crippen molar-refractivity contribution < 1.29 is 22.7 Å². The van der Waals surface area contributed by atoms with E-state index in [9.17, 15) is 13.2 Å². The maximum absolute atomic E-state index is 13.3. The molecular weight excluding hydrogens is 458 g/mol. The van der Waals surface area contributed by atoms with Crippen molar-refractivity contribution in [2.75, 3.05) is 56.3 Å². The molecule has 1 aliphatic rings. The van der Waals surface area contributed by atoms with Gasteiger partial charge in [-0.3, -0.25) is 19.1 Å². The van der Waals surface area contributed by atoms with Gasteiger partial charge in [-0.25, -0.2) is 8.42 Å². The molecule has 4 rings (SSSR count). The van der Waals surface area contributed by atoms with Crippen LogP contribution in [0.3, 0.4) is 0 Å². The molecule has 11 heteroatoms. The van der Waals surface area contributed by atoms with Gasteiger partial charge in [-0.05, 0) is 30.7 Å². The van der Waals surface area contributed by atoms with Gasteiger partial charge in [0.15, 0.2) is 11.4 Å². The molecule has 10 nitrogen and oxygen atoms in total. The molecule has 0 aliphatic carbocycles. The van der Waals surface area contributed by atoms with Crippen LogP contribution in [-0.4, -0.2) is 75.2 Å². The van der Waals surface area contributed by atoms with Crippen molar-refractivity contribution >= 4 is 38.2 Å². The van der Waals surface area contributed by atoms with Crippen LogP contribution in [0.5, 0.6) is 5.75 Å². The number of aryl methyl sites for hydroxylation is 1. The van der Waals surface area contributed by atoms with E-state index in [1.54, 1.807) is 19.1 Å².